The van der Waals surface area contributed by atoms with Crippen molar-refractivity contribution < 1.29 is 13.9 Å². The van der Waals surface area contributed by atoms with E-state index < -0.39 is 0 Å². The minimum absolute atomic E-state index is 0.804. The van der Waals surface area contributed by atoms with Gasteiger partial charge in [-0.05, 0) is 6.07 Å². The van der Waals surface area contributed by atoms with Gasteiger partial charge < -0.3 is 4.74 Å². The van der Waals surface area contributed by atoms with Crippen LogP contribution >= 0.6 is 15.9 Å². The van der Waals surface area contributed by atoms with Crippen LogP contribution in [-0.4, -0.2) is 0 Å². The van der Waals surface area contributed by atoms with Crippen molar-refractivity contribution in [2.75, 3.05) is 0 Å². The SMILES string of the molecule is C[n+]1ccc(Oc2ccc[n+](C)c2Br)cc1. The highest BCUT2D eigenvalue weighted by molar-refractivity contribution is 9.10. The Hall–Kier alpha value is -1.42. The summed E-state index contributed by atoms with van der Waals surface area (Å²) in [5, 5.41) is 0. The van der Waals surface area contributed by atoms with E-state index in [0.717, 1.165) is 16.1 Å². The minimum Gasteiger partial charge on any atom is -0.449 e. The van der Waals surface area contributed by atoms with Crippen LogP contribution in [0.25, 0.3) is 0 Å². The van der Waals surface area contributed by atoms with Gasteiger partial charge in [0.25, 0.3) is 4.60 Å². The fourth-order valence-corrected chi connectivity index (χ4v) is 1.66. The summed E-state index contributed by atoms with van der Waals surface area (Å²) in [4.78, 5) is 0. The van der Waals surface area contributed by atoms with Crippen LogP contribution in [0, 0.1) is 0 Å². The molecule has 0 aliphatic rings. The van der Waals surface area contributed by atoms with Crippen LogP contribution in [0.2, 0.25) is 0 Å². The standard InChI is InChI=1S/C12H13BrN2O/c1-14-8-5-10(6-9-14)16-11-4-3-7-15(2)12(11)13/h3-9H,1-2H3/q+2. The van der Waals surface area contributed by atoms with E-state index >= 15 is 0 Å². The molecule has 0 saturated carbocycles. The molecule has 0 unspecified atom stereocenters. The van der Waals surface area contributed by atoms with E-state index in [1.807, 2.05) is 66.1 Å². The molecule has 0 fully saturated rings. The highest BCUT2D eigenvalue weighted by Crippen LogP contribution is 2.25. The topological polar surface area (TPSA) is 17.0 Å². The smallest absolute Gasteiger partial charge is 0.290 e. The number of nitrogens with zero attached hydrogens (tertiary/aromatic N) is 2. The summed E-state index contributed by atoms with van der Waals surface area (Å²) in [5.74, 6) is 1.63. The van der Waals surface area contributed by atoms with E-state index in [0.29, 0.717) is 0 Å². The summed E-state index contributed by atoms with van der Waals surface area (Å²) in [5.41, 5.74) is 0. The summed E-state index contributed by atoms with van der Waals surface area (Å²) >= 11 is 3.48. The van der Waals surface area contributed by atoms with Crippen LogP contribution in [-0.2, 0) is 14.1 Å². The van der Waals surface area contributed by atoms with E-state index in [-0.39, 0.29) is 0 Å². The van der Waals surface area contributed by atoms with Crippen molar-refractivity contribution >= 4 is 15.9 Å². The van der Waals surface area contributed by atoms with Gasteiger partial charge in [-0.15, -0.1) is 0 Å². The third-order valence-electron chi connectivity index (χ3n) is 2.25. The number of aromatic nitrogens is 2. The molecule has 0 spiro atoms. The van der Waals surface area contributed by atoms with Gasteiger partial charge in [-0.2, -0.15) is 4.57 Å². The average Bonchev–Trinajstić information content (AvgIpc) is 2.28. The van der Waals surface area contributed by atoms with Gasteiger partial charge in [-0.25, -0.2) is 4.57 Å². The number of pyridine rings is 2. The Bertz CT molecular complexity index is 497. The Labute approximate surface area is 103 Å². The first-order valence-electron chi connectivity index (χ1n) is 4.94. The third kappa shape index (κ3) is 2.39. The van der Waals surface area contributed by atoms with Crippen molar-refractivity contribution in [3.63, 3.8) is 0 Å². The molecular formula is C12H13BrN2O+2. The molecular weight excluding hydrogens is 268 g/mol. The van der Waals surface area contributed by atoms with Gasteiger partial charge >= 0.3 is 0 Å². The maximum absolute atomic E-state index is 5.76. The lowest BCUT2D eigenvalue weighted by molar-refractivity contribution is -0.682. The Morgan fingerprint density at radius 3 is 2.44 bits per heavy atom. The molecule has 0 radical (unpaired) electrons. The van der Waals surface area contributed by atoms with E-state index in [9.17, 15) is 0 Å². The second-order valence-electron chi connectivity index (χ2n) is 3.58. The highest BCUT2D eigenvalue weighted by Gasteiger charge is 2.11. The summed E-state index contributed by atoms with van der Waals surface area (Å²) in [6.45, 7) is 0. The second-order valence-corrected chi connectivity index (χ2v) is 4.33. The normalized spacial score (nSPS) is 10.2. The van der Waals surface area contributed by atoms with Crippen molar-refractivity contribution in [3.05, 3.63) is 47.5 Å². The predicted molar refractivity (Wildman–Crippen MR) is 63.0 cm³/mol. The zero-order valence-electron chi connectivity index (χ0n) is 9.22. The van der Waals surface area contributed by atoms with Gasteiger partial charge in [0.1, 0.15) is 19.8 Å². The van der Waals surface area contributed by atoms with Crippen molar-refractivity contribution in [1.82, 2.24) is 0 Å². The Kier molecular flexibility index (Phi) is 3.19. The molecule has 0 aliphatic carbocycles. The Morgan fingerprint density at radius 2 is 1.75 bits per heavy atom. The molecule has 0 atom stereocenters. The molecule has 4 heteroatoms. The van der Waals surface area contributed by atoms with E-state index in [1.165, 1.54) is 0 Å². The molecule has 0 N–H and O–H groups in total. The van der Waals surface area contributed by atoms with Gasteiger partial charge in [0.05, 0.1) is 0 Å². The molecule has 0 saturated heterocycles. The van der Waals surface area contributed by atoms with E-state index in [2.05, 4.69) is 15.9 Å². The molecule has 2 rings (SSSR count). The molecule has 82 valence electrons. The number of ether oxygens (including phenoxy) is 1. The minimum atomic E-state index is 0.804. The average molecular weight is 281 g/mol. The van der Waals surface area contributed by atoms with Crippen LogP contribution in [0.1, 0.15) is 0 Å². The number of aryl methyl sites for hydroxylation is 2. The van der Waals surface area contributed by atoms with Crippen LogP contribution in [0.15, 0.2) is 47.5 Å². The predicted octanol–water partition coefficient (Wildman–Crippen LogP) is 1.89. The molecule has 2 aromatic heterocycles. The summed E-state index contributed by atoms with van der Waals surface area (Å²) < 4.78 is 10.6. The molecule has 0 aromatic carbocycles. The zero-order valence-corrected chi connectivity index (χ0v) is 10.8. The molecule has 2 aromatic rings. The third-order valence-corrected chi connectivity index (χ3v) is 3.20. The number of rotatable bonds is 2. The number of hydrogen-bond donors (Lipinski definition) is 0. The Balaban J connectivity index is 2.27. The van der Waals surface area contributed by atoms with Crippen molar-refractivity contribution in [2.45, 2.75) is 0 Å². The largest absolute Gasteiger partial charge is 0.449 e. The van der Waals surface area contributed by atoms with Crippen LogP contribution in [0.4, 0.5) is 0 Å². The lowest BCUT2D eigenvalue weighted by Crippen LogP contribution is -2.29. The lowest BCUT2D eigenvalue weighted by Gasteiger charge is -2.04. The fourth-order valence-electron chi connectivity index (χ4n) is 1.33. The number of halogens is 1. The monoisotopic (exact) mass is 280 g/mol. The first-order chi connectivity index (χ1) is 7.66. The van der Waals surface area contributed by atoms with Gasteiger partial charge in [-0.3, -0.25) is 0 Å². The van der Waals surface area contributed by atoms with E-state index in [4.69, 9.17) is 4.74 Å². The maximum atomic E-state index is 5.76. The summed E-state index contributed by atoms with van der Waals surface area (Å²) in [7, 11) is 3.93. The Morgan fingerprint density at radius 1 is 1.06 bits per heavy atom. The van der Waals surface area contributed by atoms with Crippen molar-refractivity contribution in [2.24, 2.45) is 14.1 Å². The lowest BCUT2D eigenvalue weighted by atomic mass is 10.4. The second kappa shape index (κ2) is 4.61. The first-order valence-corrected chi connectivity index (χ1v) is 5.73. The first kappa shape index (κ1) is 11.1. The maximum Gasteiger partial charge on any atom is 0.290 e. The highest BCUT2D eigenvalue weighted by atomic mass is 79.9. The van der Waals surface area contributed by atoms with Gasteiger partial charge in [0.2, 0.25) is 5.75 Å². The van der Waals surface area contributed by atoms with Gasteiger partial charge in [0.15, 0.2) is 18.6 Å². The summed E-state index contributed by atoms with van der Waals surface area (Å²) in [6, 6.07) is 7.74. The van der Waals surface area contributed by atoms with Crippen LogP contribution in [0.5, 0.6) is 11.5 Å². The van der Waals surface area contributed by atoms with Crippen LogP contribution < -0.4 is 13.9 Å². The molecule has 0 amide bonds. The van der Waals surface area contributed by atoms with Crippen LogP contribution in [0.3, 0.4) is 0 Å². The fraction of sp³-hybridized carbons (Fsp3) is 0.167. The molecule has 0 bridgehead atoms. The molecule has 2 heterocycles. The van der Waals surface area contributed by atoms with E-state index in [1.54, 1.807) is 0 Å². The zero-order chi connectivity index (χ0) is 11.5. The molecule has 0 aliphatic heterocycles. The van der Waals surface area contributed by atoms with Crippen molar-refractivity contribution in [3.8, 4) is 11.5 Å². The van der Waals surface area contributed by atoms with Gasteiger partial charge in [0, 0.05) is 34.1 Å². The van der Waals surface area contributed by atoms with Crippen molar-refractivity contribution in [1.29, 1.82) is 0 Å². The molecule has 3 nitrogen and oxygen atoms in total. The molecule has 16 heavy (non-hydrogen) atoms. The summed E-state index contributed by atoms with van der Waals surface area (Å²) in [6.07, 6.45) is 5.86. The number of hydrogen-bond acceptors (Lipinski definition) is 1. The van der Waals surface area contributed by atoms with Gasteiger partial charge in [-0.1, -0.05) is 0 Å². The quantitative estimate of drug-likeness (QED) is 0.607.